The average Bonchev–Trinajstić information content (AvgIpc) is 2.93. The molecule has 2 saturated heterocycles. The molecule has 12 unspecified atom stereocenters. The first-order valence-corrected chi connectivity index (χ1v) is 31.9. The number of hydrogen-bond donors (Lipinski definition) is 9. The lowest BCUT2D eigenvalue weighted by Crippen LogP contribution is -2.65. The van der Waals surface area contributed by atoms with Crippen molar-refractivity contribution in [2.24, 2.45) is 0 Å². The number of amides is 1. The zero-order valence-corrected chi connectivity index (χ0v) is 51.5. The molecular formula is C71H111NO13. The van der Waals surface area contributed by atoms with E-state index < -0.39 is 86.8 Å². The number of ether oxygens (including phenoxy) is 4. The van der Waals surface area contributed by atoms with Crippen LogP contribution < -0.4 is 5.32 Å². The van der Waals surface area contributed by atoms with Gasteiger partial charge in [0.15, 0.2) is 12.6 Å². The number of nitrogens with one attached hydrogen (secondary N) is 1. The van der Waals surface area contributed by atoms with Gasteiger partial charge in [-0.15, -0.1) is 0 Å². The van der Waals surface area contributed by atoms with Gasteiger partial charge in [0.25, 0.3) is 0 Å². The third-order valence-electron chi connectivity index (χ3n) is 14.1. The highest BCUT2D eigenvalue weighted by molar-refractivity contribution is 5.76. The molecule has 14 nitrogen and oxygen atoms in total. The quantitative estimate of drug-likeness (QED) is 0.0204. The molecule has 2 heterocycles. The van der Waals surface area contributed by atoms with Crippen molar-refractivity contribution in [3.05, 3.63) is 170 Å². The van der Waals surface area contributed by atoms with Crippen LogP contribution in [0.3, 0.4) is 0 Å². The van der Waals surface area contributed by atoms with Crippen LogP contribution in [-0.4, -0.2) is 140 Å². The van der Waals surface area contributed by atoms with Crippen molar-refractivity contribution in [3.8, 4) is 0 Å². The lowest BCUT2D eigenvalue weighted by atomic mass is 9.97. The molecule has 0 aromatic carbocycles. The molecule has 478 valence electrons. The molecule has 0 saturated carbocycles. The number of carbonyl (C=O) groups is 1. The van der Waals surface area contributed by atoms with E-state index in [9.17, 15) is 45.6 Å². The van der Waals surface area contributed by atoms with Gasteiger partial charge in [0.05, 0.1) is 32.0 Å². The van der Waals surface area contributed by atoms with Crippen LogP contribution in [0.2, 0.25) is 0 Å². The van der Waals surface area contributed by atoms with Crippen LogP contribution in [0, 0.1) is 0 Å². The molecule has 2 aliphatic heterocycles. The molecule has 0 bridgehead atoms. The van der Waals surface area contributed by atoms with Crippen LogP contribution in [0.5, 0.6) is 0 Å². The Balaban J connectivity index is 1.63. The van der Waals surface area contributed by atoms with E-state index in [2.05, 4.69) is 177 Å². The number of aliphatic hydroxyl groups excluding tert-OH is 8. The van der Waals surface area contributed by atoms with E-state index in [1.807, 2.05) is 6.08 Å². The third-order valence-corrected chi connectivity index (χ3v) is 14.1. The van der Waals surface area contributed by atoms with Crippen LogP contribution in [0.15, 0.2) is 170 Å². The lowest BCUT2D eigenvalue weighted by molar-refractivity contribution is -0.359. The van der Waals surface area contributed by atoms with E-state index in [0.717, 1.165) is 122 Å². The number of allylic oxidation sites excluding steroid dienone is 27. The molecule has 0 spiro atoms. The molecule has 9 N–H and O–H groups in total. The normalized spacial score (nSPS) is 24.7. The summed E-state index contributed by atoms with van der Waals surface area (Å²) in [6.45, 7) is 2.56. The summed E-state index contributed by atoms with van der Waals surface area (Å²) in [4.78, 5) is 13.2. The summed E-state index contributed by atoms with van der Waals surface area (Å²) >= 11 is 0. The predicted molar refractivity (Wildman–Crippen MR) is 345 cm³/mol. The zero-order valence-electron chi connectivity index (χ0n) is 51.5. The molecule has 1 amide bonds. The highest BCUT2D eigenvalue weighted by atomic mass is 16.7. The molecule has 2 fully saturated rings. The van der Waals surface area contributed by atoms with Crippen molar-refractivity contribution >= 4 is 5.91 Å². The fourth-order valence-electron chi connectivity index (χ4n) is 9.05. The fraction of sp³-hybridized carbons (Fsp3) is 0.592. The maximum Gasteiger partial charge on any atom is 0.220 e. The van der Waals surface area contributed by atoms with Gasteiger partial charge in [-0.1, -0.05) is 216 Å². The number of rotatable bonds is 48. The molecule has 0 aliphatic carbocycles. The summed E-state index contributed by atoms with van der Waals surface area (Å²) < 4.78 is 22.7. The van der Waals surface area contributed by atoms with Crippen molar-refractivity contribution in [2.75, 3.05) is 19.8 Å². The Morgan fingerprint density at radius 1 is 0.435 bits per heavy atom. The van der Waals surface area contributed by atoms with Crippen molar-refractivity contribution in [2.45, 2.75) is 248 Å². The molecule has 2 aliphatic rings. The van der Waals surface area contributed by atoms with Crippen LogP contribution >= 0.6 is 0 Å². The van der Waals surface area contributed by atoms with Gasteiger partial charge in [-0.3, -0.25) is 4.79 Å². The molecule has 0 aromatic rings. The molecule has 12 atom stereocenters. The third kappa shape index (κ3) is 38.3. The van der Waals surface area contributed by atoms with Crippen LogP contribution in [0.4, 0.5) is 0 Å². The number of hydrogen-bond acceptors (Lipinski definition) is 13. The van der Waals surface area contributed by atoms with Crippen molar-refractivity contribution < 1.29 is 64.6 Å². The Kier molecular flexibility index (Phi) is 48.2. The van der Waals surface area contributed by atoms with Gasteiger partial charge in [-0.05, 0) is 122 Å². The second-order valence-electron chi connectivity index (χ2n) is 21.4. The maximum absolute atomic E-state index is 13.2. The highest BCUT2D eigenvalue weighted by Gasteiger charge is 2.51. The molecule has 85 heavy (non-hydrogen) atoms. The molecule has 0 radical (unpaired) electrons. The Labute approximate surface area is 511 Å². The number of aliphatic hydroxyl groups is 8. The van der Waals surface area contributed by atoms with Crippen molar-refractivity contribution in [1.29, 1.82) is 0 Å². The summed E-state index contributed by atoms with van der Waals surface area (Å²) in [7, 11) is 0. The Morgan fingerprint density at radius 2 is 0.824 bits per heavy atom. The van der Waals surface area contributed by atoms with Gasteiger partial charge in [-0.2, -0.15) is 0 Å². The first kappa shape index (κ1) is 76.4. The van der Waals surface area contributed by atoms with Crippen molar-refractivity contribution in [3.63, 3.8) is 0 Å². The minimum atomic E-state index is -1.80. The topological polar surface area (TPSA) is 228 Å². The smallest absolute Gasteiger partial charge is 0.220 e. The summed E-state index contributed by atoms with van der Waals surface area (Å²) in [6, 6.07) is -0.956. The van der Waals surface area contributed by atoms with Gasteiger partial charge in [0.2, 0.25) is 5.91 Å². The predicted octanol–water partition coefficient (Wildman–Crippen LogP) is 12.1. The zero-order chi connectivity index (χ0) is 61.6. The first-order valence-electron chi connectivity index (χ1n) is 31.9. The van der Waals surface area contributed by atoms with Gasteiger partial charge >= 0.3 is 0 Å². The van der Waals surface area contributed by atoms with Gasteiger partial charge < -0.3 is 65.1 Å². The number of unbranched alkanes of at least 4 members (excludes halogenated alkanes) is 9. The lowest BCUT2D eigenvalue weighted by Gasteiger charge is -2.46. The standard InChI is InChI=1S/C71H111NO13/c1-3-5-7-9-11-13-15-16-17-18-19-20-21-22-23-24-25-26-27-28-29-30-31-32-33-34-35-36-37-38-39-40-41-42-43-44-45-47-49-51-53-55-63(76)72-59(60(75)54-52-50-48-46-14-12-10-8-6-4-2)58-82-70-68(81)66(79)69(62(57-74)84-70)85-71-67(80)65(78)64(77)61(56-73)83-71/h5,7,11,13-14,16-17,19-20,22-23,25-26,28-29,31-32,34-35,37-38,40-41,43-44,46,52,54,59-62,64-71,73-75,77-81H,3-4,6,8-10,12,15,18,21,24,27,30,33,36,39,42,45,47-51,53,55-58H2,1-2H3,(H,72,76)/b7-5-,13-11-,17-16-,20-19-,23-22-,26-25-,29-28-,32-31-,35-34-,38-37-,41-40-,44-43-,46-14+,54-52+. The highest BCUT2D eigenvalue weighted by Crippen LogP contribution is 2.30. The Bertz CT molecular complexity index is 2080. The van der Waals surface area contributed by atoms with E-state index in [-0.39, 0.29) is 18.9 Å². The van der Waals surface area contributed by atoms with Crippen molar-refractivity contribution in [1.82, 2.24) is 5.32 Å². The Hall–Kier alpha value is -4.65. The van der Waals surface area contributed by atoms with Crippen LogP contribution in [0.25, 0.3) is 0 Å². The molecular weight excluding hydrogens is 1070 g/mol. The average molecular weight is 1190 g/mol. The van der Waals surface area contributed by atoms with E-state index in [1.54, 1.807) is 6.08 Å². The van der Waals surface area contributed by atoms with E-state index in [1.165, 1.54) is 19.3 Å². The van der Waals surface area contributed by atoms with Gasteiger partial charge in [0.1, 0.15) is 48.8 Å². The first-order chi connectivity index (χ1) is 41.6. The van der Waals surface area contributed by atoms with Crippen LogP contribution in [-0.2, 0) is 23.7 Å². The Morgan fingerprint density at radius 3 is 1.28 bits per heavy atom. The van der Waals surface area contributed by atoms with E-state index >= 15 is 0 Å². The minimum Gasteiger partial charge on any atom is -0.394 e. The summed E-state index contributed by atoms with van der Waals surface area (Å²) in [5.74, 6) is -0.285. The largest absolute Gasteiger partial charge is 0.394 e. The van der Waals surface area contributed by atoms with Gasteiger partial charge in [0, 0.05) is 6.42 Å². The fourth-order valence-corrected chi connectivity index (χ4v) is 9.05. The maximum atomic E-state index is 13.2. The molecule has 0 aromatic heterocycles. The second-order valence-corrected chi connectivity index (χ2v) is 21.4. The summed E-state index contributed by atoms with van der Waals surface area (Å²) in [5.41, 5.74) is 0. The molecule has 2 rings (SSSR count). The molecule has 14 heteroatoms. The minimum absolute atomic E-state index is 0.231. The van der Waals surface area contributed by atoms with Crippen LogP contribution in [0.1, 0.15) is 174 Å². The van der Waals surface area contributed by atoms with E-state index in [4.69, 9.17) is 18.9 Å². The SMILES string of the molecule is CC/C=C\C/C=C\C/C=C\C/C=C\C/C=C\C/C=C\C/C=C\C/C=C\C/C=C\C/C=C\C/C=C\C/C=C\CCCCCCC(=O)NC(COC1OC(CO)C(OC2OC(CO)C(O)C(O)C2O)C(O)C1O)C(O)/C=C/CC/C=C/CCCCCC. The second kappa shape index (κ2) is 53.6. The van der Waals surface area contributed by atoms with E-state index in [0.29, 0.717) is 12.8 Å². The summed E-state index contributed by atoms with van der Waals surface area (Å²) in [5, 5.41) is 86.8. The monoisotopic (exact) mass is 1190 g/mol. The summed E-state index contributed by atoms with van der Waals surface area (Å²) in [6.07, 6.45) is 67.1. The van der Waals surface area contributed by atoms with Gasteiger partial charge in [-0.25, -0.2) is 0 Å². The number of carbonyl (C=O) groups excluding carboxylic acids is 1.